The van der Waals surface area contributed by atoms with Crippen molar-refractivity contribution >= 4 is 39.5 Å². The van der Waals surface area contributed by atoms with E-state index < -0.39 is 5.97 Å². The van der Waals surface area contributed by atoms with Gasteiger partial charge in [-0.1, -0.05) is 23.7 Å². The number of carboxylic acid groups (broad SMARTS) is 1. The molecule has 0 amide bonds. The topological polar surface area (TPSA) is 81.8 Å². The van der Waals surface area contributed by atoms with E-state index in [1.54, 1.807) is 12.1 Å². The van der Waals surface area contributed by atoms with E-state index in [9.17, 15) is 4.79 Å². The summed E-state index contributed by atoms with van der Waals surface area (Å²) >= 11 is 6.00. The van der Waals surface area contributed by atoms with E-state index in [1.165, 1.54) is 0 Å². The van der Waals surface area contributed by atoms with Gasteiger partial charge in [0.25, 0.3) is 0 Å². The summed E-state index contributed by atoms with van der Waals surface area (Å²) in [6, 6.07) is 5.32. The van der Waals surface area contributed by atoms with Gasteiger partial charge in [0.1, 0.15) is 0 Å². The zero-order valence-corrected chi connectivity index (χ0v) is 8.67. The van der Waals surface area contributed by atoms with Crippen LogP contribution in [0.1, 0.15) is 10.5 Å². The third kappa shape index (κ3) is 1.06. The van der Waals surface area contributed by atoms with Crippen molar-refractivity contribution in [1.29, 1.82) is 0 Å². The molecule has 0 radical (unpaired) electrons. The van der Waals surface area contributed by atoms with E-state index >= 15 is 0 Å². The minimum absolute atomic E-state index is 0.0727. The molecule has 0 bridgehead atoms. The first kappa shape index (κ1) is 9.23. The number of carboxylic acids is 1. The van der Waals surface area contributed by atoms with Crippen LogP contribution in [0.4, 0.5) is 0 Å². The fourth-order valence-electron chi connectivity index (χ4n) is 1.83. The van der Waals surface area contributed by atoms with Crippen molar-refractivity contribution in [1.82, 2.24) is 15.2 Å². The van der Waals surface area contributed by atoms with Crippen LogP contribution in [0.2, 0.25) is 5.02 Å². The monoisotopic (exact) mass is 235 g/mol. The molecule has 1 aromatic carbocycles. The van der Waals surface area contributed by atoms with Crippen molar-refractivity contribution in [2.75, 3.05) is 0 Å². The fourth-order valence-corrected chi connectivity index (χ4v) is 2.05. The molecule has 80 valence electrons. The van der Waals surface area contributed by atoms with Gasteiger partial charge in [-0.05, 0) is 6.07 Å². The van der Waals surface area contributed by atoms with Gasteiger partial charge in [-0.3, -0.25) is 5.10 Å². The first-order valence-corrected chi connectivity index (χ1v) is 4.94. The third-order valence-corrected chi connectivity index (χ3v) is 2.82. The van der Waals surface area contributed by atoms with E-state index in [2.05, 4.69) is 15.2 Å². The summed E-state index contributed by atoms with van der Waals surface area (Å²) in [6.45, 7) is 0. The van der Waals surface area contributed by atoms with Gasteiger partial charge in [-0.15, -0.1) is 0 Å². The van der Waals surface area contributed by atoms with E-state index in [0.29, 0.717) is 21.6 Å². The molecule has 3 aromatic rings. The Morgan fingerprint density at radius 2 is 2.25 bits per heavy atom. The predicted molar refractivity (Wildman–Crippen MR) is 59.9 cm³/mol. The summed E-state index contributed by atoms with van der Waals surface area (Å²) in [4.78, 5) is 14.0. The number of aromatic amines is 2. The van der Waals surface area contributed by atoms with Crippen LogP contribution < -0.4 is 0 Å². The van der Waals surface area contributed by atoms with Crippen LogP contribution in [0.5, 0.6) is 0 Å². The molecule has 3 N–H and O–H groups in total. The quantitative estimate of drug-likeness (QED) is 0.606. The lowest BCUT2D eigenvalue weighted by molar-refractivity contribution is 0.0692. The lowest BCUT2D eigenvalue weighted by Gasteiger charge is -1.93. The molecule has 0 saturated heterocycles. The van der Waals surface area contributed by atoms with Crippen molar-refractivity contribution in [2.24, 2.45) is 0 Å². The Labute approximate surface area is 94.0 Å². The molecular formula is C10H6ClN3O2. The zero-order chi connectivity index (χ0) is 11.3. The number of hydrogen-bond donors (Lipinski definition) is 3. The SMILES string of the molecule is O=C(O)c1[nH]nc2[nH]c3c(Cl)cccc3c12. The van der Waals surface area contributed by atoms with Gasteiger partial charge in [0.2, 0.25) is 0 Å². The molecule has 0 saturated carbocycles. The van der Waals surface area contributed by atoms with E-state index in [1.807, 2.05) is 6.07 Å². The minimum atomic E-state index is -1.04. The summed E-state index contributed by atoms with van der Waals surface area (Å²) in [6.07, 6.45) is 0. The number of nitrogens with zero attached hydrogens (tertiary/aromatic N) is 1. The second-order valence-electron chi connectivity index (χ2n) is 3.41. The molecule has 0 fully saturated rings. The number of aromatic carboxylic acids is 1. The number of halogens is 1. The van der Waals surface area contributed by atoms with Crippen LogP contribution in [-0.2, 0) is 0 Å². The van der Waals surface area contributed by atoms with Crippen LogP contribution in [0, 0.1) is 0 Å². The van der Waals surface area contributed by atoms with E-state index in [-0.39, 0.29) is 5.69 Å². The van der Waals surface area contributed by atoms with Gasteiger partial charge in [-0.25, -0.2) is 4.79 Å². The van der Waals surface area contributed by atoms with Gasteiger partial charge in [-0.2, -0.15) is 5.10 Å². The highest BCUT2D eigenvalue weighted by atomic mass is 35.5. The van der Waals surface area contributed by atoms with Gasteiger partial charge < -0.3 is 10.1 Å². The molecule has 3 rings (SSSR count). The number of para-hydroxylation sites is 1. The molecule has 16 heavy (non-hydrogen) atoms. The Hall–Kier alpha value is -2.01. The molecule has 6 heteroatoms. The Kier molecular flexibility index (Phi) is 1.73. The first-order chi connectivity index (χ1) is 7.68. The second kappa shape index (κ2) is 2.99. The van der Waals surface area contributed by atoms with Crippen molar-refractivity contribution in [3.8, 4) is 0 Å². The Morgan fingerprint density at radius 3 is 3.00 bits per heavy atom. The molecular weight excluding hydrogens is 230 g/mol. The van der Waals surface area contributed by atoms with Crippen LogP contribution in [0.15, 0.2) is 18.2 Å². The van der Waals surface area contributed by atoms with Crippen molar-refractivity contribution in [3.63, 3.8) is 0 Å². The predicted octanol–water partition coefficient (Wildman–Crippen LogP) is 2.40. The fraction of sp³-hybridized carbons (Fsp3) is 0. The summed E-state index contributed by atoms with van der Waals surface area (Å²) in [5, 5.41) is 17.2. The first-order valence-electron chi connectivity index (χ1n) is 4.56. The zero-order valence-electron chi connectivity index (χ0n) is 7.91. The molecule has 0 aliphatic rings. The smallest absolute Gasteiger partial charge is 0.354 e. The number of nitrogens with one attached hydrogen (secondary N) is 2. The van der Waals surface area contributed by atoms with Crippen LogP contribution in [0.25, 0.3) is 21.9 Å². The summed E-state index contributed by atoms with van der Waals surface area (Å²) in [5.41, 5.74) is 1.28. The van der Waals surface area contributed by atoms with E-state index in [0.717, 1.165) is 5.39 Å². The highest BCUT2D eigenvalue weighted by Crippen LogP contribution is 2.30. The van der Waals surface area contributed by atoms with Gasteiger partial charge in [0.15, 0.2) is 11.3 Å². The van der Waals surface area contributed by atoms with Crippen LogP contribution in [-0.4, -0.2) is 26.3 Å². The molecule has 0 aliphatic carbocycles. The maximum absolute atomic E-state index is 11.0. The number of hydrogen-bond acceptors (Lipinski definition) is 2. The molecule has 2 heterocycles. The molecule has 0 aliphatic heterocycles. The molecule has 0 spiro atoms. The van der Waals surface area contributed by atoms with Crippen molar-refractivity contribution in [3.05, 3.63) is 28.9 Å². The van der Waals surface area contributed by atoms with Crippen molar-refractivity contribution < 1.29 is 9.90 Å². The summed E-state index contributed by atoms with van der Waals surface area (Å²) < 4.78 is 0. The Bertz CT molecular complexity index is 713. The lowest BCUT2D eigenvalue weighted by Crippen LogP contribution is -1.96. The van der Waals surface area contributed by atoms with Crippen LogP contribution in [0.3, 0.4) is 0 Å². The highest BCUT2D eigenvalue weighted by Gasteiger charge is 2.17. The largest absolute Gasteiger partial charge is 0.477 e. The summed E-state index contributed by atoms with van der Waals surface area (Å²) in [5.74, 6) is -1.04. The third-order valence-electron chi connectivity index (χ3n) is 2.51. The molecule has 0 unspecified atom stereocenters. The summed E-state index contributed by atoms with van der Waals surface area (Å²) in [7, 11) is 0. The number of benzene rings is 1. The minimum Gasteiger partial charge on any atom is -0.477 e. The van der Waals surface area contributed by atoms with Gasteiger partial charge >= 0.3 is 5.97 Å². The lowest BCUT2D eigenvalue weighted by atomic mass is 10.2. The maximum Gasteiger partial charge on any atom is 0.354 e. The standard InChI is InChI=1S/C10H6ClN3O2/c11-5-3-1-2-4-6-8(10(15)16)13-14-9(6)12-7(4)5/h1-3H,(H,15,16)(H2,12,13,14). The average Bonchev–Trinajstić information content (AvgIpc) is 2.77. The van der Waals surface area contributed by atoms with Gasteiger partial charge in [0, 0.05) is 5.39 Å². The molecule has 5 nitrogen and oxygen atoms in total. The maximum atomic E-state index is 11.0. The average molecular weight is 236 g/mol. The highest BCUT2D eigenvalue weighted by molar-refractivity contribution is 6.36. The van der Waals surface area contributed by atoms with Crippen LogP contribution >= 0.6 is 11.6 Å². The van der Waals surface area contributed by atoms with E-state index in [4.69, 9.17) is 16.7 Å². The van der Waals surface area contributed by atoms with Crippen molar-refractivity contribution in [2.45, 2.75) is 0 Å². The van der Waals surface area contributed by atoms with Gasteiger partial charge in [0.05, 0.1) is 15.9 Å². The normalized spacial score (nSPS) is 11.3. The second-order valence-corrected chi connectivity index (χ2v) is 3.82. The number of fused-ring (bicyclic) bond motifs is 3. The Morgan fingerprint density at radius 1 is 1.44 bits per heavy atom. The molecule has 2 aromatic heterocycles. The number of rotatable bonds is 1. The number of H-pyrrole nitrogens is 2. The number of aromatic nitrogens is 3. The molecule has 0 atom stereocenters. The Balaban J connectivity index is 2.55. The number of carbonyl (C=O) groups is 1.